The molecule has 1 fully saturated rings. The topological polar surface area (TPSA) is 54.5 Å². The van der Waals surface area contributed by atoms with Crippen molar-refractivity contribution in [3.63, 3.8) is 0 Å². The average Bonchev–Trinajstić information content (AvgIpc) is 3.29. The summed E-state index contributed by atoms with van der Waals surface area (Å²) in [5.74, 6) is 1.65. The zero-order valence-electron chi connectivity index (χ0n) is 15.7. The number of nitrogens with zero attached hydrogens (tertiary/aromatic N) is 2. The third-order valence-electron chi connectivity index (χ3n) is 4.80. The number of carbonyl (C=O) groups is 1. The van der Waals surface area contributed by atoms with Crippen LogP contribution >= 0.6 is 0 Å². The second kappa shape index (κ2) is 8.57. The van der Waals surface area contributed by atoms with E-state index in [9.17, 15) is 4.79 Å². The van der Waals surface area contributed by atoms with Gasteiger partial charge in [0, 0.05) is 18.7 Å². The zero-order chi connectivity index (χ0) is 19.2. The highest BCUT2D eigenvalue weighted by atomic mass is 16.5. The molecule has 2 heterocycles. The van der Waals surface area contributed by atoms with E-state index < -0.39 is 0 Å². The van der Waals surface area contributed by atoms with E-state index in [4.69, 9.17) is 4.74 Å². The molecule has 0 unspecified atom stereocenters. The summed E-state index contributed by atoms with van der Waals surface area (Å²) in [6.07, 6.45) is 4.15. The molecular formula is C23H23N3O2. The Morgan fingerprint density at radius 3 is 2.39 bits per heavy atom. The van der Waals surface area contributed by atoms with Crippen LogP contribution in [0.1, 0.15) is 28.8 Å². The van der Waals surface area contributed by atoms with Gasteiger partial charge in [-0.25, -0.2) is 4.98 Å². The Kier molecular flexibility index (Phi) is 5.52. The summed E-state index contributed by atoms with van der Waals surface area (Å²) >= 11 is 0. The van der Waals surface area contributed by atoms with Crippen LogP contribution in [0.25, 0.3) is 0 Å². The SMILES string of the molecule is O=C(Nc1ccc(N2CCCC2)nc1)c1ccc(COc2ccccc2)cc1. The van der Waals surface area contributed by atoms with Crippen molar-refractivity contribution in [2.45, 2.75) is 19.4 Å². The van der Waals surface area contributed by atoms with Gasteiger partial charge in [0.2, 0.25) is 0 Å². The molecule has 5 heteroatoms. The fourth-order valence-corrected chi connectivity index (χ4v) is 3.23. The first-order chi connectivity index (χ1) is 13.8. The van der Waals surface area contributed by atoms with Gasteiger partial charge in [0.05, 0.1) is 11.9 Å². The largest absolute Gasteiger partial charge is 0.489 e. The van der Waals surface area contributed by atoms with Gasteiger partial charge in [-0.2, -0.15) is 0 Å². The van der Waals surface area contributed by atoms with Gasteiger partial charge in [0.15, 0.2) is 0 Å². The minimum Gasteiger partial charge on any atom is -0.489 e. The molecule has 0 spiro atoms. The van der Waals surface area contributed by atoms with Crippen molar-refractivity contribution in [3.8, 4) is 5.75 Å². The molecule has 1 saturated heterocycles. The monoisotopic (exact) mass is 373 g/mol. The second-order valence-corrected chi connectivity index (χ2v) is 6.85. The van der Waals surface area contributed by atoms with Crippen LogP contribution in [0.15, 0.2) is 72.9 Å². The smallest absolute Gasteiger partial charge is 0.255 e. The number of anilines is 2. The molecule has 1 amide bonds. The number of hydrogen-bond donors (Lipinski definition) is 1. The lowest BCUT2D eigenvalue weighted by Crippen LogP contribution is -2.19. The molecule has 0 radical (unpaired) electrons. The number of pyridine rings is 1. The Morgan fingerprint density at radius 1 is 0.964 bits per heavy atom. The van der Waals surface area contributed by atoms with E-state index in [0.29, 0.717) is 17.9 Å². The molecule has 1 N–H and O–H groups in total. The Hall–Kier alpha value is -3.34. The quantitative estimate of drug-likeness (QED) is 0.691. The number of benzene rings is 2. The molecule has 28 heavy (non-hydrogen) atoms. The van der Waals surface area contributed by atoms with Crippen molar-refractivity contribution in [2.75, 3.05) is 23.3 Å². The first-order valence-electron chi connectivity index (χ1n) is 9.57. The molecule has 4 rings (SSSR count). The van der Waals surface area contributed by atoms with Crippen molar-refractivity contribution < 1.29 is 9.53 Å². The third-order valence-corrected chi connectivity index (χ3v) is 4.80. The number of aromatic nitrogens is 1. The number of ether oxygens (including phenoxy) is 1. The summed E-state index contributed by atoms with van der Waals surface area (Å²) < 4.78 is 5.73. The second-order valence-electron chi connectivity index (χ2n) is 6.85. The van der Waals surface area contributed by atoms with Crippen LogP contribution in [0.3, 0.4) is 0 Å². The van der Waals surface area contributed by atoms with Crippen LogP contribution in [-0.4, -0.2) is 24.0 Å². The summed E-state index contributed by atoms with van der Waals surface area (Å²) in [6.45, 7) is 2.58. The molecule has 1 aliphatic rings. The standard InChI is InChI=1S/C23H23N3O2/c27-23(25-20-12-13-22(24-16-20)26-14-4-5-15-26)19-10-8-18(9-11-19)17-28-21-6-2-1-3-7-21/h1-3,6-13,16H,4-5,14-15,17H2,(H,25,27). The van der Waals surface area contributed by atoms with Crippen LogP contribution in [0.2, 0.25) is 0 Å². The Bertz CT molecular complexity index is 903. The molecule has 3 aromatic rings. The highest BCUT2D eigenvalue weighted by Gasteiger charge is 2.13. The van der Waals surface area contributed by atoms with E-state index in [2.05, 4.69) is 15.2 Å². The van der Waals surface area contributed by atoms with Gasteiger partial charge in [-0.05, 0) is 54.8 Å². The number of hydrogen-bond acceptors (Lipinski definition) is 4. The maximum atomic E-state index is 12.5. The van der Waals surface area contributed by atoms with Gasteiger partial charge in [-0.1, -0.05) is 30.3 Å². The van der Waals surface area contributed by atoms with Crippen molar-refractivity contribution in [1.82, 2.24) is 4.98 Å². The summed E-state index contributed by atoms with van der Waals surface area (Å²) in [5, 5.41) is 2.90. The maximum Gasteiger partial charge on any atom is 0.255 e. The molecular weight excluding hydrogens is 350 g/mol. The van der Waals surface area contributed by atoms with Gasteiger partial charge in [0.1, 0.15) is 18.2 Å². The Balaban J connectivity index is 1.33. The fourth-order valence-electron chi connectivity index (χ4n) is 3.23. The average molecular weight is 373 g/mol. The molecule has 2 aromatic carbocycles. The van der Waals surface area contributed by atoms with Crippen molar-refractivity contribution in [1.29, 1.82) is 0 Å². The predicted molar refractivity (Wildman–Crippen MR) is 111 cm³/mol. The third kappa shape index (κ3) is 4.49. The highest BCUT2D eigenvalue weighted by Crippen LogP contribution is 2.19. The minimum atomic E-state index is -0.147. The first kappa shape index (κ1) is 18.0. The maximum absolute atomic E-state index is 12.5. The van der Waals surface area contributed by atoms with Crippen LogP contribution in [0.4, 0.5) is 11.5 Å². The Labute approximate surface area is 165 Å². The van der Waals surface area contributed by atoms with Crippen LogP contribution in [0.5, 0.6) is 5.75 Å². The van der Waals surface area contributed by atoms with Crippen molar-refractivity contribution in [3.05, 3.63) is 84.1 Å². The van der Waals surface area contributed by atoms with E-state index in [1.165, 1.54) is 12.8 Å². The summed E-state index contributed by atoms with van der Waals surface area (Å²) in [5.41, 5.74) is 2.31. The number of amides is 1. The number of carbonyl (C=O) groups excluding carboxylic acids is 1. The van der Waals surface area contributed by atoms with E-state index >= 15 is 0 Å². The molecule has 0 saturated carbocycles. The normalized spacial score (nSPS) is 13.4. The van der Waals surface area contributed by atoms with E-state index in [1.807, 2.05) is 66.7 Å². The predicted octanol–water partition coefficient (Wildman–Crippen LogP) is 4.51. The molecule has 0 aliphatic carbocycles. The minimum absolute atomic E-state index is 0.147. The lowest BCUT2D eigenvalue weighted by Gasteiger charge is -2.16. The Morgan fingerprint density at radius 2 is 1.71 bits per heavy atom. The number of rotatable bonds is 6. The van der Waals surface area contributed by atoms with E-state index in [-0.39, 0.29) is 5.91 Å². The summed E-state index contributed by atoms with van der Waals surface area (Å²) in [6, 6.07) is 21.0. The lowest BCUT2D eigenvalue weighted by atomic mass is 10.1. The van der Waals surface area contributed by atoms with Crippen LogP contribution < -0.4 is 15.0 Å². The van der Waals surface area contributed by atoms with Gasteiger partial charge < -0.3 is 15.0 Å². The fraction of sp³-hybridized carbons (Fsp3) is 0.217. The zero-order valence-corrected chi connectivity index (χ0v) is 15.7. The highest BCUT2D eigenvalue weighted by molar-refractivity contribution is 6.04. The molecule has 0 atom stereocenters. The molecule has 0 bridgehead atoms. The molecule has 1 aromatic heterocycles. The molecule has 5 nitrogen and oxygen atoms in total. The van der Waals surface area contributed by atoms with Gasteiger partial charge in [-0.3, -0.25) is 4.79 Å². The molecule has 142 valence electrons. The van der Waals surface area contributed by atoms with Crippen LogP contribution in [0, 0.1) is 0 Å². The number of para-hydroxylation sites is 1. The molecule has 1 aliphatic heterocycles. The van der Waals surface area contributed by atoms with Gasteiger partial charge in [0.25, 0.3) is 5.91 Å². The first-order valence-corrected chi connectivity index (χ1v) is 9.57. The summed E-state index contributed by atoms with van der Waals surface area (Å²) in [7, 11) is 0. The summed E-state index contributed by atoms with van der Waals surface area (Å²) in [4.78, 5) is 19.2. The van der Waals surface area contributed by atoms with E-state index in [0.717, 1.165) is 30.2 Å². The van der Waals surface area contributed by atoms with Gasteiger partial charge >= 0.3 is 0 Å². The van der Waals surface area contributed by atoms with E-state index in [1.54, 1.807) is 6.20 Å². The van der Waals surface area contributed by atoms with Crippen molar-refractivity contribution in [2.24, 2.45) is 0 Å². The van der Waals surface area contributed by atoms with Crippen LogP contribution in [-0.2, 0) is 6.61 Å². The number of nitrogens with one attached hydrogen (secondary N) is 1. The van der Waals surface area contributed by atoms with Gasteiger partial charge in [-0.15, -0.1) is 0 Å². The van der Waals surface area contributed by atoms with Crippen molar-refractivity contribution >= 4 is 17.4 Å². The lowest BCUT2D eigenvalue weighted by molar-refractivity contribution is 0.102.